The molecule has 0 bridgehead atoms. The highest BCUT2D eigenvalue weighted by atomic mass is 127. The SMILES string of the molecule is CC1(C)CC1Cn1c(=S)[nH]c2cc(I)ccc21. The van der Waals surface area contributed by atoms with Crippen LogP contribution in [0.3, 0.4) is 0 Å². The summed E-state index contributed by atoms with van der Waals surface area (Å²) in [6.07, 6.45) is 1.31. The van der Waals surface area contributed by atoms with Gasteiger partial charge in [-0.25, -0.2) is 0 Å². The fourth-order valence-corrected chi connectivity index (χ4v) is 3.20. The van der Waals surface area contributed by atoms with Gasteiger partial charge in [0.2, 0.25) is 0 Å². The molecule has 3 rings (SSSR count). The molecule has 90 valence electrons. The van der Waals surface area contributed by atoms with E-state index in [0.29, 0.717) is 5.41 Å². The van der Waals surface area contributed by atoms with Crippen LogP contribution in [0.15, 0.2) is 18.2 Å². The van der Waals surface area contributed by atoms with Crippen molar-refractivity contribution in [2.75, 3.05) is 0 Å². The number of halogens is 1. The van der Waals surface area contributed by atoms with Crippen molar-refractivity contribution >= 4 is 45.8 Å². The van der Waals surface area contributed by atoms with Gasteiger partial charge in [0.1, 0.15) is 0 Å². The first-order chi connectivity index (χ1) is 7.97. The fraction of sp³-hybridized carbons (Fsp3) is 0.462. The number of aromatic amines is 1. The predicted octanol–water partition coefficient (Wildman–Crippen LogP) is 4.35. The van der Waals surface area contributed by atoms with Crippen molar-refractivity contribution in [2.24, 2.45) is 11.3 Å². The number of H-pyrrole nitrogens is 1. The third kappa shape index (κ3) is 2.05. The van der Waals surface area contributed by atoms with Crippen LogP contribution in [0.4, 0.5) is 0 Å². The van der Waals surface area contributed by atoms with Crippen LogP contribution in [-0.4, -0.2) is 9.55 Å². The molecule has 1 aromatic carbocycles. The maximum atomic E-state index is 5.42. The molecule has 2 aromatic rings. The maximum Gasteiger partial charge on any atom is 0.178 e. The highest BCUT2D eigenvalue weighted by Gasteiger charge is 2.45. The Balaban J connectivity index is 2.04. The van der Waals surface area contributed by atoms with Crippen LogP contribution in [0, 0.1) is 19.7 Å². The second-order valence-electron chi connectivity index (χ2n) is 5.59. The van der Waals surface area contributed by atoms with Crippen LogP contribution >= 0.6 is 34.8 Å². The summed E-state index contributed by atoms with van der Waals surface area (Å²) in [5.74, 6) is 0.771. The molecule has 1 aliphatic rings. The number of aromatic nitrogens is 2. The number of benzene rings is 1. The molecule has 0 saturated heterocycles. The average molecular weight is 358 g/mol. The second-order valence-corrected chi connectivity index (χ2v) is 7.22. The van der Waals surface area contributed by atoms with Crippen molar-refractivity contribution in [3.63, 3.8) is 0 Å². The molecule has 1 N–H and O–H groups in total. The molecule has 1 fully saturated rings. The molecular weight excluding hydrogens is 343 g/mol. The summed E-state index contributed by atoms with van der Waals surface area (Å²) in [5, 5.41) is 0. The van der Waals surface area contributed by atoms with Gasteiger partial charge in [0, 0.05) is 10.1 Å². The van der Waals surface area contributed by atoms with Gasteiger partial charge in [0.05, 0.1) is 11.0 Å². The zero-order valence-electron chi connectivity index (χ0n) is 9.96. The van der Waals surface area contributed by atoms with E-state index in [9.17, 15) is 0 Å². The molecule has 0 amide bonds. The van der Waals surface area contributed by atoms with Gasteiger partial charge in [-0.15, -0.1) is 0 Å². The van der Waals surface area contributed by atoms with Crippen molar-refractivity contribution in [2.45, 2.75) is 26.8 Å². The number of fused-ring (bicyclic) bond motifs is 1. The van der Waals surface area contributed by atoms with Crippen LogP contribution in [0.2, 0.25) is 0 Å². The summed E-state index contributed by atoms with van der Waals surface area (Å²) in [6, 6.07) is 6.46. The first kappa shape index (κ1) is 11.7. The minimum absolute atomic E-state index is 0.502. The van der Waals surface area contributed by atoms with Crippen molar-refractivity contribution in [3.05, 3.63) is 26.5 Å². The van der Waals surface area contributed by atoms with Crippen molar-refractivity contribution in [3.8, 4) is 0 Å². The minimum atomic E-state index is 0.502. The van der Waals surface area contributed by atoms with Gasteiger partial charge in [0.15, 0.2) is 4.77 Å². The summed E-state index contributed by atoms with van der Waals surface area (Å²) in [5.41, 5.74) is 2.89. The highest BCUT2D eigenvalue weighted by molar-refractivity contribution is 14.1. The number of nitrogens with zero attached hydrogens (tertiary/aromatic N) is 1. The number of imidazole rings is 1. The number of hydrogen-bond donors (Lipinski definition) is 1. The van der Waals surface area contributed by atoms with Gasteiger partial charge >= 0.3 is 0 Å². The third-order valence-corrected chi connectivity index (χ3v) is 4.85. The van der Waals surface area contributed by atoms with E-state index in [2.05, 4.69) is 64.2 Å². The molecule has 1 atom stereocenters. The lowest BCUT2D eigenvalue weighted by Crippen LogP contribution is -2.03. The normalized spacial score (nSPS) is 21.9. The lowest BCUT2D eigenvalue weighted by atomic mass is 10.1. The molecule has 4 heteroatoms. The molecule has 1 heterocycles. The Hall–Kier alpha value is -0.360. The zero-order valence-corrected chi connectivity index (χ0v) is 12.9. The molecule has 0 radical (unpaired) electrons. The summed E-state index contributed by atoms with van der Waals surface area (Å²) in [7, 11) is 0. The summed E-state index contributed by atoms with van der Waals surface area (Å²) in [6.45, 7) is 5.71. The molecular formula is C13H15IN2S. The molecule has 1 unspecified atom stereocenters. The Bertz CT molecular complexity index is 638. The van der Waals surface area contributed by atoms with Crippen LogP contribution in [-0.2, 0) is 6.54 Å². The van der Waals surface area contributed by atoms with Crippen LogP contribution in [0.1, 0.15) is 20.3 Å². The molecule has 1 aromatic heterocycles. The summed E-state index contributed by atoms with van der Waals surface area (Å²) in [4.78, 5) is 3.30. The van der Waals surface area contributed by atoms with Crippen LogP contribution < -0.4 is 0 Å². The van der Waals surface area contributed by atoms with E-state index in [4.69, 9.17) is 12.2 Å². The highest BCUT2D eigenvalue weighted by Crippen LogP contribution is 2.52. The first-order valence-corrected chi connectivity index (χ1v) is 7.34. The summed E-state index contributed by atoms with van der Waals surface area (Å²) < 4.78 is 4.34. The standard InChI is InChI=1S/C13H15IN2S/c1-13(2)6-8(13)7-16-11-4-3-9(14)5-10(11)15-12(16)17/h3-5,8H,6-7H2,1-2H3,(H,15,17). The van der Waals surface area contributed by atoms with E-state index < -0.39 is 0 Å². The predicted molar refractivity (Wildman–Crippen MR) is 81.7 cm³/mol. The van der Waals surface area contributed by atoms with E-state index in [1.807, 2.05) is 0 Å². The number of rotatable bonds is 2. The lowest BCUT2D eigenvalue weighted by molar-refractivity contribution is 0.502. The smallest absolute Gasteiger partial charge is 0.178 e. The van der Waals surface area contributed by atoms with Gasteiger partial charge in [0.25, 0.3) is 0 Å². The van der Waals surface area contributed by atoms with Crippen molar-refractivity contribution in [1.29, 1.82) is 0 Å². The first-order valence-electron chi connectivity index (χ1n) is 5.85. The Kier molecular flexibility index (Phi) is 2.63. The quantitative estimate of drug-likeness (QED) is 0.625. The van der Waals surface area contributed by atoms with Crippen LogP contribution in [0.5, 0.6) is 0 Å². The maximum absolute atomic E-state index is 5.42. The third-order valence-electron chi connectivity index (χ3n) is 3.86. The molecule has 0 aliphatic heterocycles. The van der Waals surface area contributed by atoms with Gasteiger partial charge in [-0.05, 0) is 70.8 Å². The van der Waals surface area contributed by atoms with E-state index in [-0.39, 0.29) is 0 Å². The average Bonchev–Trinajstić information content (AvgIpc) is 2.71. The van der Waals surface area contributed by atoms with E-state index in [1.165, 1.54) is 15.5 Å². The number of hydrogen-bond acceptors (Lipinski definition) is 1. The van der Waals surface area contributed by atoms with E-state index >= 15 is 0 Å². The Morgan fingerprint density at radius 3 is 2.88 bits per heavy atom. The van der Waals surface area contributed by atoms with Gasteiger partial charge < -0.3 is 9.55 Å². The van der Waals surface area contributed by atoms with Gasteiger partial charge in [-0.2, -0.15) is 0 Å². The zero-order chi connectivity index (χ0) is 12.2. The largest absolute Gasteiger partial charge is 0.331 e. The minimum Gasteiger partial charge on any atom is -0.331 e. The molecule has 1 saturated carbocycles. The second kappa shape index (κ2) is 3.82. The van der Waals surface area contributed by atoms with E-state index in [1.54, 1.807) is 0 Å². The Labute approximate surface area is 120 Å². The van der Waals surface area contributed by atoms with E-state index in [0.717, 1.165) is 22.8 Å². The van der Waals surface area contributed by atoms with Crippen molar-refractivity contribution in [1.82, 2.24) is 9.55 Å². The fourth-order valence-electron chi connectivity index (χ4n) is 2.43. The van der Waals surface area contributed by atoms with Crippen molar-refractivity contribution < 1.29 is 0 Å². The van der Waals surface area contributed by atoms with Gasteiger partial charge in [-0.1, -0.05) is 13.8 Å². The topological polar surface area (TPSA) is 20.7 Å². The molecule has 1 aliphatic carbocycles. The molecule has 0 spiro atoms. The molecule has 2 nitrogen and oxygen atoms in total. The monoisotopic (exact) mass is 358 g/mol. The Morgan fingerprint density at radius 2 is 2.24 bits per heavy atom. The summed E-state index contributed by atoms with van der Waals surface area (Å²) >= 11 is 7.75. The van der Waals surface area contributed by atoms with Gasteiger partial charge in [-0.3, -0.25) is 0 Å². The molecule has 17 heavy (non-hydrogen) atoms. The number of nitrogens with one attached hydrogen (secondary N) is 1. The van der Waals surface area contributed by atoms with Crippen LogP contribution in [0.25, 0.3) is 11.0 Å². The lowest BCUT2D eigenvalue weighted by Gasteiger charge is -2.06. The Morgan fingerprint density at radius 1 is 1.53 bits per heavy atom.